The first-order valence-electron chi connectivity index (χ1n) is 5.34. The Morgan fingerprint density at radius 1 is 1.00 bits per heavy atom. The summed E-state index contributed by atoms with van der Waals surface area (Å²) in [5, 5.41) is 4.98. The van der Waals surface area contributed by atoms with E-state index < -0.39 is 17.7 Å². The van der Waals surface area contributed by atoms with Crippen LogP contribution in [0.2, 0.25) is 5.02 Å². The molecule has 3 nitrogen and oxygen atoms in total. The molecule has 2 rings (SSSR count). The lowest BCUT2D eigenvalue weighted by molar-refractivity contribution is 0.262. The average molecular weight is 283 g/mol. The van der Waals surface area contributed by atoms with Gasteiger partial charge in [-0.15, -0.1) is 0 Å². The molecular formula is C13H9ClF2N2O. The lowest BCUT2D eigenvalue weighted by Crippen LogP contribution is -2.20. The van der Waals surface area contributed by atoms with Gasteiger partial charge in [0.05, 0.1) is 16.4 Å². The average Bonchev–Trinajstić information content (AvgIpc) is 2.37. The van der Waals surface area contributed by atoms with Gasteiger partial charge in [0.1, 0.15) is 11.6 Å². The summed E-state index contributed by atoms with van der Waals surface area (Å²) in [7, 11) is 0. The molecular weight excluding hydrogens is 274 g/mol. The molecule has 0 aliphatic heterocycles. The van der Waals surface area contributed by atoms with Crippen LogP contribution in [0.1, 0.15) is 0 Å². The van der Waals surface area contributed by atoms with Gasteiger partial charge in [-0.2, -0.15) is 0 Å². The molecule has 0 saturated carbocycles. The summed E-state index contributed by atoms with van der Waals surface area (Å²) < 4.78 is 26.2. The molecule has 0 aliphatic rings. The van der Waals surface area contributed by atoms with Crippen molar-refractivity contribution in [2.75, 3.05) is 10.6 Å². The van der Waals surface area contributed by atoms with Crippen LogP contribution in [0.4, 0.5) is 25.0 Å². The normalized spacial score (nSPS) is 10.1. The lowest BCUT2D eigenvalue weighted by atomic mass is 10.3. The minimum Gasteiger partial charge on any atom is -0.306 e. The van der Waals surface area contributed by atoms with Crippen LogP contribution < -0.4 is 10.6 Å². The van der Waals surface area contributed by atoms with E-state index in [1.54, 1.807) is 24.3 Å². The molecule has 6 heteroatoms. The molecule has 0 radical (unpaired) electrons. The first kappa shape index (κ1) is 13.3. The van der Waals surface area contributed by atoms with Crippen LogP contribution >= 0.6 is 11.6 Å². The standard InChI is InChI=1S/C13H9ClF2N2O/c14-9-3-1-2-4-11(9)17-13(19)18-12-7-8(15)5-6-10(12)16/h1-7H,(H2,17,18,19). The van der Waals surface area contributed by atoms with Crippen molar-refractivity contribution in [1.82, 2.24) is 0 Å². The summed E-state index contributed by atoms with van der Waals surface area (Å²) in [6.07, 6.45) is 0. The van der Waals surface area contributed by atoms with Gasteiger partial charge in [0.25, 0.3) is 0 Å². The molecule has 0 unspecified atom stereocenters. The van der Waals surface area contributed by atoms with Crippen molar-refractivity contribution >= 4 is 29.0 Å². The molecule has 98 valence electrons. The highest BCUT2D eigenvalue weighted by Crippen LogP contribution is 2.21. The number of hydrogen-bond acceptors (Lipinski definition) is 1. The van der Waals surface area contributed by atoms with Crippen molar-refractivity contribution in [3.05, 3.63) is 59.1 Å². The van der Waals surface area contributed by atoms with Crippen LogP contribution in [-0.4, -0.2) is 6.03 Å². The fraction of sp³-hybridized carbons (Fsp3) is 0. The lowest BCUT2D eigenvalue weighted by Gasteiger charge is -2.09. The van der Waals surface area contributed by atoms with Crippen LogP contribution in [0.5, 0.6) is 0 Å². The molecule has 0 spiro atoms. The first-order valence-corrected chi connectivity index (χ1v) is 5.71. The third-order valence-electron chi connectivity index (χ3n) is 2.30. The van der Waals surface area contributed by atoms with Gasteiger partial charge in [0, 0.05) is 6.07 Å². The number of nitrogens with one attached hydrogen (secondary N) is 2. The zero-order valence-corrected chi connectivity index (χ0v) is 10.3. The van der Waals surface area contributed by atoms with Gasteiger partial charge in [-0.1, -0.05) is 23.7 Å². The SMILES string of the molecule is O=C(Nc1cc(F)ccc1F)Nc1ccccc1Cl. The van der Waals surface area contributed by atoms with Gasteiger partial charge in [-0.05, 0) is 24.3 Å². The third-order valence-corrected chi connectivity index (χ3v) is 2.63. The van der Waals surface area contributed by atoms with E-state index in [1.165, 1.54) is 0 Å². The van der Waals surface area contributed by atoms with Crippen molar-refractivity contribution in [3.63, 3.8) is 0 Å². The van der Waals surface area contributed by atoms with Gasteiger partial charge in [-0.25, -0.2) is 13.6 Å². The highest BCUT2D eigenvalue weighted by atomic mass is 35.5. The molecule has 0 saturated heterocycles. The van der Waals surface area contributed by atoms with E-state index in [0.717, 1.165) is 18.2 Å². The number of carbonyl (C=O) groups excluding carboxylic acids is 1. The van der Waals surface area contributed by atoms with Crippen molar-refractivity contribution in [3.8, 4) is 0 Å². The predicted octanol–water partition coefficient (Wildman–Crippen LogP) is 4.26. The van der Waals surface area contributed by atoms with Crippen LogP contribution in [0.15, 0.2) is 42.5 Å². The summed E-state index contributed by atoms with van der Waals surface area (Å²) in [5.41, 5.74) is 0.128. The zero-order chi connectivity index (χ0) is 13.8. The molecule has 2 amide bonds. The summed E-state index contributed by atoms with van der Waals surface area (Å²) in [6.45, 7) is 0. The van der Waals surface area contributed by atoms with Gasteiger partial charge < -0.3 is 10.6 Å². The van der Waals surface area contributed by atoms with Gasteiger partial charge >= 0.3 is 6.03 Å². The molecule has 0 aliphatic carbocycles. The van der Waals surface area contributed by atoms with Crippen molar-refractivity contribution in [2.24, 2.45) is 0 Å². The Kier molecular flexibility index (Phi) is 3.97. The van der Waals surface area contributed by atoms with Crippen LogP contribution in [0.3, 0.4) is 0 Å². The Morgan fingerprint density at radius 3 is 2.42 bits per heavy atom. The highest BCUT2D eigenvalue weighted by molar-refractivity contribution is 6.33. The fourth-order valence-corrected chi connectivity index (χ4v) is 1.61. The first-order chi connectivity index (χ1) is 9.06. The Labute approximate surface area is 113 Å². The maximum absolute atomic E-state index is 13.3. The molecule has 2 N–H and O–H groups in total. The Bertz CT molecular complexity index is 619. The number of anilines is 2. The number of hydrogen-bond donors (Lipinski definition) is 2. The second kappa shape index (κ2) is 5.67. The molecule has 0 atom stereocenters. The molecule has 19 heavy (non-hydrogen) atoms. The molecule has 0 heterocycles. The minimum atomic E-state index is -0.726. The van der Waals surface area contributed by atoms with E-state index in [-0.39, 0.29) is 5.69 Å². The number of halogens is 3. The molecule has 2 aromatic carbocycles. The van der Waals surface area contributed by atoms with Crippen LogP contribution in [0.25, 0.3) is 0 Å². The van der Waals surface area contributed by atoms with Crippen molar-refractivity contribution < 1.29 is 13.6 Å². The third kappa shape index (κ3) is 3.42. The number of benzene rings is 2. The zero-order valence-electron chi connectivity index (χ0n) is 9.58. The molecule has 2 aromatic rings. The van der Waals surface area contributed by atoms with Crippen molar-refractivity contribution in [2.45, 2.75) is 0 Å². The van der Waals surface area contributed by atoms with Crippen molar-refractivity contribution in [1.29, 1.82) is 0 Å². The fourth-order valence-electron chi connectivity index (χ4n) is 1.43. The summed E-state index contributed by atoms with van der Waals surface area (Å²) in [5.74, 6) is -1.37. The van der Waals surface area contributed by atoms with E-state index in [2.05, 4.69) is 10.6 Å². The van der Waals surface area contributed by atoms with E-state index in [9.17, 15) is 13.6 Å². The maximum Gasteiger partial charge on any atom is 0.323 e. The number of rotatable bonds is 2. The molecule has 0 fully saturated rings. The number of carbonyl (C=O) groups is 1. The quantitative estimate of drug-likeness (QED) is 0.849. The van der Waals surface area contributed by atoms with Gasteiger partial charge in [0.2, 0.25) is 0 Å². The largest absolute Gasteiger partial charge is 0.323 e. The van der Waals surface area contributed by atoms with Gasteiger partial charge in [0.15, 0.2) is 0 Å². The molecule has 0 aromatic heterocycles. The second-order valence-corrected chi connectivity index (χ2v) is 4.09. The Morgan fingerprint density at radius 2 is 1.68 bits per heavy atom. The predicted molar refractivity (Wildman–Crippen MR) is 70.5 cm³/mol. The monoisotopic (exact) mass is 282 g/mol. The van der Waals surface area contributed by atoms with E-state index >= 15 is 0 Å². The number of amides is 2. The number of urea groups is 1. The Hall–Kier alpha value is -2.14. The van der Waals surface area contributed by atoms with E-state index in [1.807, 2.05) is 0 Å². The second-order valence-electron chi connectivity index (χ2n) is 3.68. The maximum atomic E-state index is 13.3. The smallest absolute Gasteiger partial charge is 0.306 e. The summed E-state index contributed by atoms with van der Waals surface area (Å²) >= 11 is 5.85. The van der Waals surface area contributed by atoms with E-state index in [4.69, 9.17) is 11.6 Å². The van der Waals surface area contributed by atoms with Crippen LogP contribution in [0, 0.1) is 11.6 Å². The molecule has 0 bridgehead atoms. The summed E-state index contributed by atoms with van der Waals surface area (Å²) in [4.78, 5) is 11.6. The van der Waals surface area contributed by atoms with Gasteiger partial charge in [-0.3, -0.25) is 0 Å². The minimum absolute atomic E-state index is 0.246. The Balaban J connectivity index is 2.10. The topological polar surface area (TPSA) is 41.1 Å². The number of para-hydroxylation sites is 1. The van der Waals surface area contributed by atoms with Crippen LogP contribution in [-0.2, 0) is 0 Å². The van der Waals surface area contributed by atoms with E-state index in [0.29, 0.717) is 10.7 Å². The highest BCUT2D eigenvalue weighted by Gasteiger charge is 2.09. The summed E-state index contributed by atoms with van der Waals surface area (Å²) in [6, 6.07) is 8.65.